The number of halogens is 4. The zero-order chi connectivity index (χ0) is 26.6. The minimum Gasteiger partial charge on any atom is -0.336 e. The second-order valence-electron chi connectivity index (χ2n) is 10.4. The van der Waals surface area contributed by atoms with Gasteiger partial charge in [0.15, 0.2) is 0 Å². The highest BCUT2D eigenvalue weighted by Gasteiger charge is 2.63. The van der Waals surface area contributed by atoms with E-state index in [9.17, 15) is 31.6 Å². The average molecular weight is 536 g/mol. The highest BCUT2D eigenvalue weighted by Crippen LogP contribution is 2.57. The second-order valence-corrected chi connectivity index (χ2v) is 12.1. The fraction of sp³-hybridized carbons (Fsp3) is 0.462. The SMILES string of the molecule is N#CC1(C(=O)N2CC3(CC3)[C@H](NS(=O)(=O)CF)[C@@H]2Cc2cccc(-c3cc(F)cc(F)c3)c2F)CCC1. The first-order chi connectivity index (χ1) is 17.5. The van der Waals surface area contributed by atoms with Gasteiger partial charge in [0.05, 0.1) is 12.1 Å². The van der Waals surface area contributed by atoms with Crippen molar-refractivity contribution in [1.29, 1.82) is 5.26 Å². The number of sulfonamides is 1. The first kappa shape index (κ1) is 25.7. The molecule has 1 N–H and O–H groups in total. The molecule has 2 saturated carbocycles. The van der Waals surface area contributed by atoms with Crippen LogP contribution < -0.4 is 4.72 Å². The topological polar surface area (TPSA) is 90.3 Å². The lowest BCUT2D eigenvalue weighted by Gasteiger charge is -2.39. The smallest absolute Gasteiger partial charge is 0.243 e. The van der Waals surface area contributed by atoms with E-state index in [2.05, 4.69) is 10.8 Å². The molecule has 1 heterocycles. The largest absolute Gasteiger partial charge is 0.336 e. The number of rotatable bonds is 7. The summed E-state index contributed by atoms with van der Waals surface area (Å²) < 4.78 is 83.5. The van der Waals surface area contributed by atoms with Crippen molar-refractivity contribution in [3.63, 3.8) is 0 Å². The fourth-order valence-corrected chi connectivity index (χ4v) is 6.58. The third kappa shape index (κ3) is 4.50. The van der Waals surface area contributed by atoms with Crippen molar-refractivity contribution < 1.29 is 30.8 Å². The van der Waals surface area contributed by atoms with E-state index in [0.29, 0.717) is 38.2 Å². The summed E-state index contributed by atoms with van der Waals surface area (Å²) in [4.78, 5) is 15.1. The lowest BCUT2D eigenvalue weighted by molar-refractivity contribution is -0.144. The summed E-state index contributed by atoms with van der Waals surface area (Å²) in [5.74, 6) is -2.93. The van der Waals surface area contributed by atoms with Crippen LogP contribution in [0.4, 0.5) is 17.6 Å². The quantitative estimate of drug-likeness (QED) is 0.538. The van der Waals surface area contributed by atoms with Gasteiger partial charge in [-0.05, 0) is 61.8 Å². The van der Waals surface area contributed by atoms with Gasteiger partial charge in [0, 0.05) is 29.6 Å². The van der Waals surface area contributed by atoms with E-state index in [1.165, 1.54) is 23.1 Å². The van der Waals surface area contributed by atoms with Gasteiger partial charge in [-0.2, -0.15) is 5.26 Å². The molecule has 1 spiro atoms. The number of benzene rings is 2. The van der Waals surface area contributed by atoms with Crippen molar-refractivity contribution in [1.82, 2.24) is 9.62 Å². The van der Waals surface area contributed by atoms with Gasteiger partial charge < -0.3 is 4.90 Å². The Morgan fingerprint density at radius 3 is 2.32 bits per heavy atom. The Morgan fingerprint density at radius 1 is 1.11 bits per heavy atom. The zero-order valence-electron chi connectivity index (χ0n) is 19.8. The van der Waals surface area contributed by atoms with Gasteiger partial charge in [-0.15, -0.1) is 0 Å². The van der Waals surface area contributed by atoms with E-state index < -0.39 is 62.3 Å². The molecule has 2 aromatic carbocycles. The lowest BCUT2D eigenvalue weighted by Crippen LogP contribution is -2.54. The zero-order valence-corrected chi connectivity index (χ0v) is 20.6. The van der Waals surface area contributed by atoms with Gasteiger partial charge in [-0.25, -0.2) is 30.7 Å². The monoisotopic (exact) mass is 535 g/mol. The number of hydrogen-bond acceptors (Lipinski definition) is 4. The molecule has 1 aliphatic heterocycles. The van der Waals surface area contributed by atoms with E-state index in [0.717, 1.165) is 12.1 Å². The molecule has 196 valence electrons. The first-order valence-electron chi connectivity index (χ1n) is 12.1. The Bertz CT molecular complexity index is 1380. The molecular weight excluding hydrogens is 510 g/mol. The van der Waals surface area contributed by atoms with Crippen molar-refractivity contribution in [3.05, 3.63) is 59.4 Å². The van der Waals surface area contributed by atoms with Crippen molar-refractivity contribution in [2.45, 2.75) is 50.6 Å². The van der Waals surface area contributed by atoms with Crippen LogP contribution in [0.1, 0.15) is 37.7 Å². The number of carbonyl (C=O) groups excluding carboxylic acids is 1. The lowest BCUT2D eigenvalue weighted by atomic mass is 9.69. The standard InChI is InChI=1S/C26H25F4N3O3S/c27-15-37(35,36)32-23-21(33(14-26(23)7-8-26)24(34)25(13-31)5-2-6-25)11-16-3-1-4-20(22(16)30)17-9-18(28)12-19(29)10-17/h1,3-4,9-10,12,21,23,32H,2,5-8,11,14-15H2/t21-,23+/m0/s1. The van der Waals surface area contributed by atoms with Gasteiger partial charge in [-0.3, -0.25) is 4.79 Å². The van der Waals surface area contributed by atoms with Crippen LogP contribution in [0.25, 0.3) is 11.1 Å². The Labute approximate surface area is 212 Å². The highest BCUT2D eigenvalue weighted by molar-refractivity contribution is 7.89. The molecule has 1 saturated heterocycles. The van der Waals surface area contributed by atoms with Crippen molar-refractivity contribution in [3.8, 4) is 17.2 Å². The van der Waals surface area contributed by atoms with Gasteiger partial charge in [0.25, 0.3) is 0 Å². The van der Waals surface area contributed by atoms with Crippen LogP contribution in [0.2, 0.25) is 0 Å². The Morgan fingerprint density at radius 2 is 1.78 bits per heavy atom. The summed E-state index contributed by atoms with van der Waals surface area (Å²) in [7, 11) is -4.31. The van der Waals surface area contributed by atoms with Crippen LogP contribution in [0.15, 0.2) is 36.4 Å². The minimum absolute atomic E-state index is 0.0116. The maximum absolute atomic E-state index is 15.7. The first-order valence-corrected chi connectivity index (χ1v) is 13.7. The van der Waals surface area contributed by atoms with Gasteiger partial charge in [-0.1, -0.05) is 18.2 Å². The van der Waals surface area contributed by atoms with E-state index in [4.69, 9.17) is 0 Å². The molecule has 3 aliphatic rings. The molecule has 2 aliphatic carbocycles. The molecular formula is C26H25F4N3O3S. The minimum atomic E-state index is -4.31. The average Bonchev–Trinajstić information content (AvgIpc) is 3.54. The van der Waals surface area contributed by atoms with Gasteiger partial charge >= 0.3 is 0 Å². The number of alkyl halides is 1. The molecule has 0 aromatic heterocycles. The molecule has 0 unspecified atom stereocenters. The molecule has 5 rings (SSSR count). The predicted molar refractivity (Wildman–Crippen MR) is 126 cm³/mol. The summed E-state index contributed by atoms with van der Waals surface area (Å²) in [6.45, 7) is 0.176. The summed E-state index contributed by atoms with van der Waals surface area (Å²) in [6, 6.07) is 5.74. The number of likely N-dealkylation sites (tertiary alicyclic amines) is 1. The van der Waals surface area contributed by atoms with E-state index in [1.807, 2.05) is 0 Å². The van der Waals surface area contributed by atoms with Crippen LogP contribution >= 0.6 is 0 Å². The van der Waals surface area contributed by atoms with Crippen LogP contribution in [0.3, 0.4) is 0 Å². The van der Waals surface area contributed by atoms with Crippen molar-refractivity contribution in [2.24, 2.45) is 10.8 Å². The van der Waals surface area contributed by atoms with Gasteiger partial charge in [0.2, 0.25) is 21.9 Å². The van der Waals surface area contributed by atoms with Gasteiger partial charge in [0.1, 0.15) is 22.9 Å². The summed E-state index contributed by atoms with van der Waals surface area (Å²) in [5.41, 5.74) is -1.79. The molecule has 2 atom stereocenters. The third-order valence-corrected chi connectivity index (χ3v) is 8.95. The molecule has 1 amide bonds. The number of nitrogens with zero attached hydrogens (tertiary/aromatic N) is 2. The summed E-state index contributed by atoms with van der Waals surface area (Å²) in [5, 5.41) is 9.75. The molecule has 2 aromatic rings. The molecule has 0 bridgehead atoms. The van der Waals surface area contributed by atoms with Crippen LogP contribution in [-0.2, 0) is 21.2 Å². The maximum Gasteiger partial charge on any atom is 0.243 e. The van der Waals surface area contributed by atoms with E-state index >= 15 is 4.39 Å². The third-order valence-electron chi connectivity index (χ3n) is 8.05. The van der Waals surface area contributed by atoms with E-state index in [1.54, 1.807) is 0 Å². The number of nitrogens with one attached hydrogen (secondary N) is 1. The molecule has 0 radical (unpaired) electrons. The predicted octanol–water partition coefficient (Wildman–Crippen LogP) is 4.21. The fourth-order valence-electron chi connectivity index (χ4n) is 5.73. The Hall–Kier alpha value is -2.97. The summed E-state index contributed by atoms with van der Waals surface area (Å²) in [6.07, 6.45) is 2.53. The Kier molecular flexibility index (Phi) is 6.31. The number of hydrogen-bond donors (Lipinski definition) is 1. The maximum atomic E-state index is 15.7. The Balaban J connectivity index is 1.55. The molecule has 37 heavy (non-hydrogen) atoms. The van der Waals surface area contributed by atoms with Crippen LogP contribution in [0, 0.1) is 39.6 Å². The molecule has 3 fully saturated rings. The second kappa shape index (κ2) is 9.10. The van der Waals surface area contributed by atoms with Crippen LogP contribution in [-0.4, -0.2) is 43.9 Å². The summed E-state index contributed by atoms with van der Waals surface area (Å²) >= 11 is 0. The molecule has 6 nitrogen and oxygen atoms in total. The number of amides is 1. The van der Waals surface area contributed by atoms with Crippen molar-refractivity contribution >= 4 is 15.9 Å². The normalized spacial score (nSPS) is 23.5. The highest BCUT2D eigenvalue weighted by atomic mass is 32.2. The van der Waals surface area contributed by atoms with Crippen molar-refractivity contribution in [2.75, 3.05) is 12.6 Å². The number of carbonyl (C=O) groups is 1. The van der Waals surface area contributed by atoms with Crippen LogP contribution in [0.5, 0.6) is 0 Å². The molecule has 11 heteroatoms. The number of nitriles is 1. The van der Waals surface area contributed by atoms with E-state index in [-0.39, 0.29) is 29.7 Å².